The van der Waals surface area contributed by atoms with Crippen molar-refractivity contribution in [1.29, 1.82) is 5.26 Å². The summed E-state index contributed by atoms with van der Waals surface area (Å²) in [5, 5.41) is 20.0. The summed E-state index contributed by atoms with van der Waals surface area (Å²) in [5.41, 5.74) is 0.912. The largest absolute Gasteiger partial charge is 0.464 e. The lowest BCUT2D eigenvalue weighted by molar-refractivity contribution is -0.384. The Balaban J connectivity index is 1.93. The number of non-ortho nitro benzene ring substituents is 1. The second-order valence-electron chi connectivity index (χ2n) is 4.66. The first-order valence-electron chi connectivity index (χ1n) is 6.68. The Hall–Kier alpha value is -3.59. The number of hydrogen-bond donors (Lipinski definition) is 0. The summed E-state index contributed by atoms with van der Waals surface area (Å²) in [5.74, 6) is 1.39. The molecule has 0 unspecified atom stereocenters. The summed E-state index contributed by atoms with van der Waals surface area (Å²) in [4.78, 5) is 10.4. The number of nitriles is 1. The van der Waals surface area contributed by atoms with E-state index in [0.29, 0.717) is 28.4 Å². The van der Waals surface area contributed by atoms with Gasteiger partial charge >= 0.3 is 0 Å². The molecule has 112 valence electrons. The van der Waals surface area contributed by atoms with Gasteiger partial charge in [-0.2, -0.15) is 5.26 Å². The molecule has 0 amide bonds. The highest BCUT2D eigenvalue weighted by Crippen LogP contribution is 2.27. The van der Waals surface area contributed by atoms with E-state index in [0.717, 1.165) is 0 Å². The van der Waals surface area contributed by atoms with Gasteiger partial charge in [-0.05, 0) is 24.3 Å². The Morgan fingerprint density at radius 1 is 1.22 bits per heavy atom. The molecule has 0 N–H and O–H groups in total. The Morgan fingerprint density at radius 3 is 2.78 bits per heavy atom. The lowest BCUT2D eigenvalue weighted by Gasteiger charge is -1.97. The third-order valence-electron chi connectivity index (χ3n) is 3.16. The van der Waals surface area contributed by atoms with Gasteiger partial charge in [0.15, 0.2) is 0 Å². The summed E-state index contributed by atoms with van der Waals surface area (Å²) in [6.45, 7) is 0. The van der Waals surface area contributed by atoms with E-state index in [4.69, 9.17) is 8.83 Å². The molecule has 3 rings (SSSR count). The van der Waals surface area contributed by atoms with Crippen molar-refractivity contribution in [2.75, 3.05) is 0 Å². The van der Waals surface area contributed by atoms with Crippen molar-refractivity contribution >= 4 is 17.3 Å². The minimum Gasteiger partial charge on any atom is -0.464 e. The quantitative estimate of drug-likeness (QED) is 0.401. The van der Waals surface area contributed by atoms with Crippen LogP contribution in [0.3, 0.4) is 0 Å². The average molecular weight is 306 g/mol. The number of furan rings is 2. The molecule has 6 heteroatoms. The van der Waals surface area contributed by atoms with E-state index in [1.807, 2.05) is 6.07 Å². The molecule has 0 saturated heterocycles. The molecule has 2 aromatic heterocycles. The van der Waals surface area contributed by atoms with Crippen LogP contribution < -0.4 is 0 Å². The number of nitro benzene ring substituents is 1. The van der Waals surface area contributed by atoms with E-state index < -0.39 is 4.92 Å². The fourth-order valence-corrected chi connectivity index (χ4v) is 2.09. The van der Waals surface area contributed by atoms with Gasteiger partial charge in [0.25, 0.3) is 5.69 Å². The minimum atomic E-state index is -0.460. The first kappa shape index (κ1) is 14.4. The Morgan fingerprint density at radius 2 is 2.09 bits per heavy atom. The maximum atomic E-state index is 10.8. The van der Waals surface area contributed by atoms with Gasteiger partial charge in [0, 0.05) is 23.8 Å². The predicted molar refractivity (Wildman–Crippen MR) is 83.0 cm³/mol. The van der Waals surface area contributed by atoms with Crippen LogP contribution in [0.2, 0.25) is 0 Å². The summed E-state index contributed by atoms with van der Waals surface area (Å²) >= 11 is 0. The third kappa shape index (κ3) is 3.04. The highest BCUT2D eigenvalue weighted by Gasteiger charge is 2.11. The van der Waals surface area contributed by atoms with Crippen LogP contribution in [-0.4, -0.2) is 4.92 Å². The molecule has 0 aliphatic heterocycles. The third-order valence-corrected chi connectivity index (χ3v) is 3.16. The number of allylic oxidation sites excluding steroid dienone is 1. The number of nitro groups is 1. The Labute approximate surface area is 131 Å². The second kappa shape index (κ2) is 6.03. The van der Waals surface area contributed by atoms with Gasteiger partial charge in [-0.3, -0.25) is 10.1 Å². The zero-order valence-corrected chi connectivity index (χ0v) is 11.8. The van der Waals surface area contributed by atoms with Crippen LogP contribution >= 0.6 is 0 Å². The van der Waals surface area contributed by atoms with Crippen molar-refractivity contribution in [3.63, 3.8) is 0 Å². The first-order valence-corrected chi connectivity index (χ1v) is 6.68. The monoisotopic (exact) mass is 306 g/mol. The van der Waals surface area contributed by atoms with E-state index in [9.17, 15) is 15.4 Å². The molecule has 0 spiro atoms. The lowest BCUT2D eigenvalue weighted by atomic mass is 10.1. The van der Waals surface area contributed by atoms with Crippen molar-refractivity contribution in [3.05, 3.63) is 76.4 Å². The van der Waals surface area contributed by atoms with Gasteiger partial charge in [-0.1, -0.05) is 12.1 Å². The maximum Gasteiger partial charge on any atom is 0.270 e. The van der Waals surface area contributed by atoms with Crippen LogP contribution in [-0.2, 0) is 0 Å². The van der Waals surface area contributed by atoms with Crippen LogP contribution in [0.5, 0.6) is 0 Å². The standard InChI is InChI=1S/C17H10N2O4/c18-11-13(16-5-2-8-22-16)10-15-6-7-17(23-15)12-3-1-4-14(9-12)19(20)21/h1-10H. The number of hydrogen-bond acceptors (Lipinski definition) is 5. The van der Waals surface area contributed by atoms with Crippen molar-refractivity contribution in [2.24, 2.45) is 0 Å². The smallest absolute Gasteiger partial charge is 0.270 e. The molecule has 0 saturated carbocycles. The molecule has 6 nitrogen and oxygen atoms in total. The number of nitrogens with zero attached hydrogens (tertiary/aromatic N) is 2. The molecular weight excluding hydrogens is 296 g/mol. The van der Waals surface area contributed by atoms with Crippen LogP contribution in [0, 0.1) is 21.4 Å². The van der Waals surface area contributed by atoms with E-state index >= 15 is 0 Å². The second-order valence-corrected chi connectivity index (χ2v) is 4.66. The van der Waals surface area contributed by atoms with Gasteiger partial charge in [-0.25, -0.2) is 0 Å². The molecule has 23 heavy (non-hydrogen) atoms. The van der Waals surface area contributed by atoms with Gasteiger partial charge in [0.05, 0.1) is 16.8 Å². The van der Waals surface area contributed by atoms with E-state index in [-0.39, 0.29) is 5.69 Å². The Kier molecular flexibility index (Phi) is 3.77. The Bertz CT molecular complexity index is 914. The number of rotatable bonds is 4. The van der Waals surface area contributed by atoms with Gasteiger partial charge in [0.2, 0.25) is 0 Å². The van der Waals surface area contributed by atoms with Crippen LogP contribution in [0.4, 0.5) is 5.69 Å². The molecule has 0 aliphatic rings. The zero-order valence-electron chi connectivity index (χ0n) is 11.8. The molecule has 0 bridgehead atoms. The maximum absolute atomic E-state index is 10.8. The molecule has 1 aromatic carbocycles. The lowest BCUT2D eigenvalue weighted by Crippen LogP contribution is -1.87. The van der Waals surface area contributed by atoms with Gasteiger partial charge in [-0.15, -0.1) is 0 Å². The summed E-state index contributed by atoms with van der Waals surface area (Å²) < 4.78 is 10.8. The molecule has 0 radical (unpaired) electrons. The molecule has 2 heterocycles. The topological polar surface area (TPSA) is 93.2 Å². The summed E-state index contributed by atoms with van der Waals surface area (Å²) in [6.07, 6.45) is 3.04. The normalized spacial score (nSPS) is 11.2. The van der Waals surface area contributed by atoms with Crippen molar-refractivity contribution in [2.45, 2.75) is 0 Å². The van der Waals surface area contributed by atoms with Crippen LogP contribution in [0.15, 0.2) is 63.6 Å². The van der Waals surface area contributed by atoms with Gasteiger partial charge < -0.3 is 8.83 Å². The highest BCUT2D eigenvalue weighted by molar-refractivity contribution is 5.86. The molecule has 0 atom stereocenters. The summed E-state index contributed by atoms with van der Waals surface area (Å²) in [6, 6.07) is 15.0. The fraction of sp³-hybridized carbons (Fsp3) is 0. The van der Waals surface area contributed by atoms with Crippen LogP contribution in [0.25, 0.3) is 23.0 Å². The van der Waals surface area contributed by atoms with Crippen molar-refractivity contribution < 1.29 is 13.8 Å². The average Bonchev–Trinajstić information content (AvgIpc) is 3.24. The van der Waals surface area contributed by atoms with E-state index in [1.165, 1.54) is 18.4 Å². The van der Waals surface area contributed by atoms with Crippen molar-refractivity contribution in [3.8, 4) is 17.4 Å². The highest BCUT2D eigenvalue weighted by atomic mass is 16.6. The molecule has 0 fully saturated rings. The SMILES string of the molecule is N#CC(=Cc1ccc(-c2cccc([N+](=O)[O-])c2)o1)c1ccco1. The molecular formula is C17H10N2O4. The van der Waals surface area contributed by atoms with Crippen molar-refractivity contribution in [1.82, 2.24) is 0 Å². The molecule has 0 aliphatic carbocycles. The zero-order chi connectivity index (χ0) is 16.2. The minimum absolute atomic E-state index is 0.00992. The van der Waals surface area contributed by atoms with Gasteiger partial charge in [0.1, 0.15) is 23.3 Å². The van der Waals surface area contributed by atoms with Crippen LogP contribution in [0.1, 0.15) is 11.5 Å². The molecule has 3 aromatic rings. The van der Waals surface area contributed by atoms with E-state index in [2.05, 4.69) is 0 Å². The van der Waals surface area contributed by atoms with E-state index in [1.54, 1.807) is 42.5 Å². The predicted octanol–water partition coefficient (Wildman–Crippen LogP) is 4.51. The first-order chi connectivity index (χ1) is 11.2. The fourth-order valence-electron chi connectivity index (χ4n) is 2.09. The summed E-state index contributed by atoms with van der Waals surface area (Å²) in [7, 11) is 0. The number of benzene rings is 1.